The standard InChI is InChI=1S/C17H26N6O2/c1-20-4-6-21(7-5-20)16-18-12-14-13-23(3-2-15(14)19-16)17(24)22-8-10-25-11-9-22/h12H,2-11,13H2,1H3. The first-order valence-electron chi connectivity index (χ1n) is 9.10. The van der Waals surface area contributed by atoms with E-state index in [9.17, 15) is 4.79 Å². The summed E-state index contributed by atoms with van der Waals surface area (Å²) < 4.78 is 5.33. The third-order valence-electron chi connectivity index (χ3n) is 5.26. The molecule has 4 rings (SSSR count). The smallest absolute Gasteiger partial charge is 0.320 e. The summed E-state index contributed by atoms with van der Waals surface area (Å²) in [4.78, 5) is 30.4. The van der Waals surface area contributed by atoms with Gasteiger partial charge in [0.2, 0.25) is 5.95 Å². The highest BCUT2D eigenvalue weighted by Gasteiger charge is 2.27. The minimum atomic E-state index is 0.108. The van der Waals surface area contributed by atoms with Gasteiger partial charge < -0.3 is 24.3 Å². The Morgan fingerprint density at radius 2 is 1.80 bits per heavy atom. The van der Waals surface area contributed by atoms with Gasteiger partial charge in [0, 0.05) is 64.0 Å². The fourth-order valence-corrected chi connectivity index (χ4v) is 3.58. The lowest BCUT2D eigenvalue weighted by molar-refractivity contribution is 0.0421. The second kappa shape index (κ2) is 7.13. The Bertz CT molecular complexity index is 626. The topological polar surface area (TPSA) is 65.0 Å². The molecule has 0 saturated carbocycles. The minimum Gasteiger partial charge on any atom is -0.378 e. The van der Waals surface area contributed by atoms with Gasteiger partial charge in [-0.05, 0) is 7.05 Å². The van der Waals surface area contributed by atoms with E-state index in [2.05, 4.69) is 21.8 Å². The molecule has 0 atom stereocenters. The Kier molecular flexibility index (Phi) is 4.72. The van der Waals surface area contributed by atoms with Crippen molar-refractivity contribution >= 4 is 12.0 Å². The van der Waals surface area contributed by atoms with Crippen molar-refractivity contribution in [2.45, 2.75) is 13.0 Å². The van der Waals surface area contributed by atoms with Crippen LogP contribution < -0.4 is 4.90 Å². The molecule has 0 unspecified atom stereocenters. The maximum Gasteiger partial charge on any atom is 0.320 e. The summed E-state index contributed by atoms with van der Waals surface area (Å²) in [6.45, 7) is 7.98. The highest BCUT2D eigenvalue weighted by atomic mass is 16.5. The molecule has 0 aromatic carbocycles. The lowest BCUT2D eigenvalue weighted by Gasteiger charge is -2.36. The van der Waals surface area contributed by atoms with Crippen molar-refractivity contribution in [3.05, 3.63) is 17.5 Å². The second-order valence-electron chi connectivity index (χ2n) is 6.99. The van der Waals surface area contributed by atoms with Crippen LogP contribution in [0.3, 0.4) is 0 Å². The van der Waals surface area contributed by atoms with Crippen LogP contribution in [-0.2, 0) is 17.7 Å². The average molecular weight is 346 g/mol. The highest BCUT2D eigenvalue weighted by Crippen LogP contribution is 2.21. The molecule has 8 nitrogen and oxygen atoms in total. The lowest BCUT2D eigenvalue weighted by Crippen LogP contribution is -2.49. The number of likely N-dealkylation sites (N-methyl/N-ethyl adjacent to an activating group) is 1. The second-order valence-corrected chi connectivity index (χ2v) is 6.99. The Morgan fingerprint density at radius 3 is 2.56 bits per heavy atom. The Balaban J connectivity index is 1.42. The number of rotatable bonds is 1. The molecule has 2 amide bonds. The van der Waals surface area contributed by atoms with Crippen molar-refractivity contribution in [1.82, 2.24) is 24.7 Å². The van der Waals surface area contributed by atoms with Crippen molar-refractivity contribution in [3.63, 3.8) is 0 Å². The highest BCUT2D eigenvalue weighted by molar-refractivity contribution is 5.75. The Hall–Kier alpha value is -1.93. The minimum absolute atomic E-state index is 0.108. The summed E-state index contributed by atoms with van der Waals surface area (Å²) >= 11 is 0. The number of morpholine rings is 1. The zero-order valence-electron chi connectivity index (χ0n) is 14.9. The van der Waals surface area contributed by atoms with Crippen molar-refractivity contribution in [1.29, 1.82) is 0 Å². The molecular weight excluding hydrogens is 320 g/mol. The summed E-state index contributed by atoms with van der Waals surface area (Å²) in [5, 5.41) is 0. The van der Waals surface area contributed by atoms with E-state index in [0.29, 0.717) is 32.8 Å². The number of aromatic nitrogens is 2. The van der Waals surface area contributed by atoms with Gasteiger partial charge in [-0.15, -0.1) is 0 Å². The maximum atomic E-state index is 12.7. The average Bonchev–Trinajstić information content (AvgIpc) is 2.68. The molecule has 0 radical (unpaired) electrons. The first kappa shape index (κ1) is 16.5. The summed E-state index contributed by atoms with van der Waals surface area (Å²) in [6.07, 6.45) is 2.71. The fraction of sp³-hybridized carbons (Fsp3) is 0.706. The Morgan fingerprint density at radius 1 is 1.04 bits per heavy atom. The number of urea groups is 1. The molecule has 25 heavy (non-hydrogen) atoms. The van der Waals surface area contributed by atoms with Gasteiger partial charge in [0.05, 0.1) is 25.5 Å². The number of nitrogens with zero attached hydrogens (tertiary/aromatic N) is 6. The number of piperazine rings is 1. The van der Waals surface area contributed by atoms with Crippen LogP contribution in [0.1, 0.15) is 11.3 Å². The van der Waals surface area contributed by atoms with Crippen molar-refractivity contribution in [2.24, 2.45) is 0 Å². The predicted molar refractivity (Wildman–Crippen MR) is 93.6 cm³/mol. The van der Waals surface area contributed by atoms with Crippen LogP contribution >= 0.6 is 0 Å². The van der Waals surface area contributed by atoms with Crippen LogP contribution in [0.4, 0.5) is 10.7 Å². The molecule has 0 aliphatic carbocycles. The van der Waals surface area contributed by atoms with Crippen LogP contribution in [0.5, 0.6) is 0 Å². The van der Waals surface area contributed by atoms with Gasteiger partial charge >= 0.3 is 6.03 Å². The van der Waals surface area contributed by atoms with Crippen LogP contribution in [0.25, 0.3) is 0 Å². The molecule has 136 valence electrons. The van der Waals surface area contributed by atoms with E-state index in [1.165, 1.54) is 0 Å². The quantitative estimate of drug-likeness (QED) is 0.715. The van der Waals surface area contributed by atoms with Crippen molar-refractivity contribution in [3.8, 4) is 0 Å². The zero-order valence-corrected chi connectivity index (χ0v) is 14.9. The van der Waals surface area contributed by atoms with E-state index in [-0.39, 0.29) is 6.03 Å². The number of hydrogen-bond acceptors (Lipinski definition) is 6. The number of fused-ring (bicyclic) bond motifs is 1. The van der Waals surface area contributed by atoms with E-state index >= 15 is 0 Å². The van der Waals surface area contributed by atoms with E-state index in [4.69, 9.17) is 9.72 Å². The normalized spacial score (nSPS) is 22.0. The predicted octanol–water partition coefficient (Wildman–Crippen LogP) is 0.0387. The SMILES string of the molecule is CN1CCN(c2ncc3c(n2)CCN(C(=O)N2CCOCC2)C3)CC1. The largest absolute Gasteiger partial charge is 0.378 e. The van der Waals surface area contributed by atoms with Gasteiger partial charge in [-0.1, -0.05) is 0 Å². The summed E-state index contributed by atoms with van der Waals surface area (Å²) in [5.74, 6) is 0.833. The van der Waals surface area contributed by atoms with Gasteiger partial charge in [0.25, 0.3) is 0 Å². The van der Waals surface area contributed by atoms with Gasteiger partial charge in [0.1, 0.15) is 0 Å². The molecule has 0 N–H and O–H groups in total. The van der Waals surface area contributed by atoms with Crippen LogP contribution in [0, 0.1) is 0 Å². The Labute approximate surface area is 148 Å². The monoisotopic (exact) mass is 346 g/mol. The van der Waals surface area contributed by atoms with E-state index in [1.54, 1.807) is 0 Å². The fourth-order valence-electron chi connectivity index (χ4n) is 3.58. The molecule has 2 saturated heterocycles. The number of carbonyl (C=O) groups excluding carboxylic acids is 1. The third-order valence-corrected chi connectivity index (χ3v) is 5.26. The first-order valence-corrected chi connectivity index (χ1v) is 9.10. The molecule has 3 aliphatic heterocycles. The number of hydrogen-bond donors (Lipinski definition) is 0. The zero-order chi connectivity index (χ0) is 17.2. The van der Waals surface area contributed by atoms with Gasteiger partial charge in [-0.2, -0.15) is 0 Å². The van der Waals surface area contributed by atoms with Gasteiger partial charge in [-0.3, -0.25) is 0 Å². The molecule has 2 fully saturated rings. The molecule has 3 aliphatic rings. The number of anilines is 1. The summed E-state index contributed by atoms with van der Waals surface area (Å²) in [6, 6.07) is 0.108. The van der Waals surface area contributed by atoms with E-state index in [1.807, 2.05) is 16.0 Å². The molecule has 0 bridgehead atoms. The molecule has 8 heteroatoms. The van der Waals surface area contributed by atoms with Gasteiger partial charge in [0.15, 0.2) is 0 Å². The lowest BCUT2D eigenvalue weighted by atomic mass is 10.1. The number of amides is 2. The van der Waals surface area contributed by atoms with Gasteiger partial charge in [-0.25, -0.2) is 14.8 Å². The van der Waals surface area contributed by atoms with E-state index < -0.39 is 0 Å². The molecule has 1 aromatic rings. The van der Waals surface area contributed by atoms with E-state index in [0.717, 1.165) is 56.4 Å². The third kappa shape index (κ3) is 3.55. The summed E-state index contributed by atoms with van der Waals surface area (Å²) in [5.41, 5.74) is 2.17. The molecular formula is C17H26N6O2. The van der Waals surface area contributed by atoms with Crippen LogP contribution in [0.2, 0.25) is 0 Å². The summed E-state index contributed by atoms with van der Waals surface area (Å²) in [7, 11) is 2.14. The first-order chi connectivity index (χ1) is 12.2. The molecule has 4 heterocycles. The van der Waals surface area contributed by atoms with Crippen LogP contribution in [-0.4, -0.2) is 96.8 Å². The maximum absolute atomic E-state index is 12.7. The molecule has 0 spiro atoms. The number of ether oxygens (including phenoxy) is 1. The van der Waals surface area contributed by atoms with Crippen LogP contribution in [0.15, 0.2) is 6.20 Å². The van der Waals surface area contributed by atoms with Crippen molar-refractivity contribution in [2.75, 3.05) is 71.0 Å². The van der Waals surface area contributed by atoms with Crippen molar-refractivity contribution < 1.29 is 9.53 Å². The number of carbonyl (C=O) groups is 1. The molecule has 1 aromatic heterocycles.